The highest BCUT2D eigenvalue weighted by atomic mass is 79.9. The van der Waals surface area contributed by atoms with Gasteiger partial charge in [0.05, 0.1) is 25.9 Å². The predicted molar refractivity (Wildman–Crippen MR) is 97.8 cm³/mol. The van der Waals surface area contributed by atoms with Crippen molar-refractivity contribution in [3.8, 4) is 5.75 Å². The predicted octanol–water partition coefficient (Wildman–Crippen LogP) is 3.58. The molecule has 0 fully saturated rings. The summed E-state index contributed by atoms with van der Waals surface area (Å²) in [5.74, 6) is -0.0408. The highest BCUT2D eigenvalue weighted by molar-refractivity contribution is 9.10. The van der Waals surface area contributed by atoms with Crippen LogP contribution in [0.15, 0.2) is 41.0 Å². The normalized spacial score (nSPS) is 10.2. The summed E-state index contributed by atoms with van der Waals surface area (Å²) in [6.45, 7) is 3.69. The number of methoxy groups -OCH3 is 1. The molecule has 0 bridgehead atoms. The monoisotopic (exact) mass is 406 g/mol. The number of ether oxygens (including phenoxy) is 2. The first-order valence-electron chi connectivity index (χ1n) is 7.71. The summed E-state index contributed by atoms with van der Waals surface area (Å²) in [6.07, 6.45) is 0. The van der Waals surface area contributed by atoms with Crippen LogP contribution in [0.1, 0.15) is 29.9 Å². The van der Waals surface area contributed by atoms with Crippen molar-refractivity contribution in [2.45, 2.75) is 20.4 Å². The molecule has 1 amide bonds. The summed E-state index contributed by atoms with van der Waals surface area (Å²) >= 11 is 3.25. The molecule has 1 aromatic carbocycles. The second-order valence-electron chi connectivity index (χ2n) is 5.18. The van der Waals surface area contributed by atoms with E-state index in [1.54, 1.807) is 26.2 Å². The minimum absolute atomic E-state index is 0.0972. The molecule has 132 valence electrons. The van der Waals surface area contributed by atoms with Gasteiger partial charge in [0.15, 0.2) is 5.69 Å². The molecule has 0 atom stereocenters. The van der Waals surface area contributed by atoms with Crippen LogP contribution >= 0.6 is 15.9 Å². The summed E-state index contributed by atoms with van der Waals surface area (Å²) in [5.41, 5.74) is 1.40. The van der Waals surface area contributed by atoms with Crippen molar-refractivity contribution in [2.24, 2.45) is 0 Å². The summed E-state index contributed by atoms with van der Waals surface area (Å²) in [7, 11) is 1.59. The number of hydrogen-bond donors (Lipinski definition) is 0. The number of carbonyl (C=O) groups is 2. The van der Waals surface area contributed by atoms with E-state index in [0.29, 0.717) is 16.8 Å². The first-order valence-corrected chi connectivity index (χ1v) is 8.50. The number of rotatable bonds is 6. The Kier molecular flexibility index (Phi) is 6.52. The van der Waals surface area contributed by atoms with Crippen LogP contribution in [0.2, 0.25) is 0 Å². The lowest BCUT2D eigenvalue weighted by Gasteiger charge is -2.23. The van der Waals surface area contributed by atoms with Crippen molar-refractivity contribution in [1.82, 2.24) is 4.98 Å². The molecule has 0 aliphatic rings. The van der Waals surface area contributed by atoms with Gasteiger partial charge in [0.25, 0.3) is 0 Å². The van der Waals surface area contributed by atoms with Crippen molar-refractivity contribution in [1.29, 1.82) is 0 Å². The van der Waals surface area contributed by atoms with E-state index in [1.807, 2.05) is 24.3 Å². The van der Waals surface area contributed by atoms with Gasteiger partial charge in [0, 0.05) is 6.92 Å². The van der Waals surface area contributed by atoms with Crippen LogP contribution in [0, 0.1) is 0 Å². The molecule has 2 rings (SSSR count). The number of anilines is 1. The Morgan fingerprint density at radius 3 is 2.40 bits per heavy atom. The third-order valence-electron chi connectivity index (χ3n) is 3.48. The molecular formula is C18H19BrN2O4. The van der Waals surface area contributed by atoms with Crippen LogP contribution in [0.4, 0.5) is 5.69 Å². The van der Waals surface area contributed by atoms with Gasteiger partial charge >= 0.3 is 5.97 Å². The Morgan fingerprint density at radius 2 is 1.84 bits per heavy atom. The van der Waals surface area contributed by atoms with Crippen molar-refractivity contribution < 1.29 is 19.1 Å². The highest BCUT2D eigenvalue weighted by Crippen LogP contribution is 2.25. The summed E-state index contributed by atoms with van der Waals surface area (Å²) in [5, 5.41) is 0. The van der Waals surface area contributed by atoms with Gasteiger partial charge in [-0.3, -0.25) is 4.79 Å². The van der Waals surface area contributed by atoms with Gasteiger partial charge in [0.1, 0.15) is 10.4 Å². The number of esters is 1. The van der Waals surface area contributed by atoms with Crippen LogP contribution in [0.25, 0.3) is 0 Å². The molecule has 6 nitrogen and oxygen atoms in total. The summed E-state index contributed by atoms with van der Waals surface area (Å²) in [6, 6.07) is 10.7. The van der Waals surface area contributed by atoms with Crippen LogP contribution in [-0.4, -0.2) is 30.6 Å². The SMILES string of the molecule is CCOC(=O)c1nc(Br)ccc1N(Cc1ccc(OC)cc1)C(C)=O. The van der Waals surface area contributed by atoms with Crippen LogP contribution in [-0.2, 0) is 16.1 Å². The summed E-state index contributed by atoms with van der Waals surface area (Å²) in [4.78, 5) is 30.1. The van der Waals surface area contributed by atoms with E-state index in [9.17, 15) is 9.59 Å². The molecular weight excluding hydrogens is 388 g/mol. The Hall–Kier alpha value is -2.41. The third kappa shape index (κ3) is 4.79. The fourth-order valence-electron chi connectivity index (χ4n) is 2.28. The maximum absolute atomic E-state index is 12.2. The van der Waals surface area contributed by atoms with E-state index < -0.39 is 5.97 Å². The summed E-state index contributed by atoms with van der Waals surface area (Å²) < 4.78 is 10.7. The zero-order chi connectivity index (χ0) is 18.4. The molecule has 1 heterocycles. The number of benzene rings is 1. The molecule has 0 N–H and O–H groups in total. The smallest absolute Gasteiger partial charge is 0.359 e. The van der Waals surface area contributed by atoms with Crippen molar-refractivity contribution >= 4 is 33.5 Å². The first-order chi connectivity index (χ1) is 12.0. The van der Waals surface area contributed by atoms with E-state index >= 15 is 0 Å². The quantitative estimate of drug-likeness (QED) is 0.541. The molecule has 25 heavy (non-hydrogen) atoms. The van der Waals surface area contributed by atoms with E-state index in [4.69, 9.17) is 9.47 Å². The van der Waals surface area contributed by atoms with Crippen LogP contribution in [0.5, 0.6) is 5.75 Å². The second kappa shape index (κ2) is 8.62. The van der Waals surface area contributed by atoms with Crippen molar-refractivity contribution in [2.75, 3.05) is 18.6 Å². The number of halogens is 1. The molecule has 0 unspecified atom stereocenters. The average Bonchev–Trinajstić information content (AvgIpc) is 2.60. The van der Waals surface area contributed by atoms with E-state index in [2.05, 4.69) is 20.9 Å². The van der Waals surface area contributed by atoms with Gasteiger partial charge in [-0.15, -0.1) is 0 Å². The van der Waals surface area contributed by atoms with E-state index in [-0.39, 0.29) is 18.2 Å². The van der Waals surface area contributed by atoms with Crippen molar-refractivity contribution in [3.05, 3.63) is 52.3 Å². The zero-order valence-electron chi connectivity index (χ0n) is 14.3. The van der Waals surface area contributed by atoms with Gasteiger partial charge in [-0.1, -0.05) is 12.1 Å². The Morgan fingerprint density at radius 1 is 1.16 bits per heavy atom. The van der Waals surface area contributed by atoms with Gasteiger partial charge in [-0.2, -0.15) is 0 Å². The minimum Gasteiger partial charge on any atom is -0.497 e. The maximum atomic E-state index is 12.2. The topological polar surface area (TPSA) is 68.7 Å². The number of hydrogen-bond acceptors (Lipinski definition) is 5. The van der Waals surface area contributed by atoms with Gasteiger partial charge in [-0.25, -0.2) is 9.78 Å². The number of pyridine rings is 1. The largest absolute Gasteiger partial charge is 0.497 e. The molecule has 0 saturated carbocycles. The van der Waals surface area contributed by atoms with Crippen LogP contribution in [0.3, 0.4) is 0 Å². The molecule has 0 saturated heterocycles. The third-order valence-corrected chi connectivity index (χ3v) is 3.92. The molecule has 7 heteroatoms. The Labute approximate surface area is 154 Å². The number of aromatic nitrogens is 1. The lowest BCUT2D eigenvalue weighted by molar-refractivity contribution is -0.116. The average molecular weight is 407 g/mol. The number of amides is 1. The first kappa shape index (κ1) is 18.9. The van der Waals surface area contributed by atoms with Gasteiger partial charge in [-0.05, 0) is 52.7 Å². The van der Waals surface area contributed by atoms with Crippen molar-refractivity contribution in [3.63, 3.8) is 0 Å². The second-order valence-corrected chi connectivity index (χ2v) is 5.99. The Balaban J connectivity index is 2.39. The lowest BCUT2D eigenvalue weighted by Crippen LogP contribution is -2.30. The molecule has 2 aromatic rings. The van der Waals surface area contributed by atoms with Gasteiger partial charge in [0.2, 0.25) is 5.91 Å². The minimum atomic E-state index is -0.570. The maximum Gasteiger partial charge on any atom is 0.359 e. The number of carbonyl (C=O) groups excluding carboxylic acids is 2. The highest BCUT2D eigenvalue weighted by Gasteiger charge is 2.22. The fraction of sp³-hybridized carbons (Fsp3) is 0.278. The fourth-order valence-corrected chi connectivity index (χ4v) is 2.58. The molecule has 0 spiro atoms. The molecule has 0 radical (unpaired) electrons. The Bertz CT molecular complexity index is 762. The van der Waals surface area contributed by atoms with Gasteiger partial charge < -0.3 is 14.4 Å². The number of nitrogens with zero attached hydrogens (tertiary/aromatic N) is 2. The lowest BCUT2D eigenvalue weighted by atomic mass is 10.1. The zero-order valence-corrected chi connectivity index (χ0v) is 15.9. The molecule has 0 aliphatic heterocycles. The molecule has 0 aliphatic carbocycles. The van der Waals surface area contributed by atoms with Crippen LogP contribution < -0.4 is 9.64 Å². The van der Waals surface area contributed by atoms with E-state index in [1.165, 1.54) is 11.8 Å². The molecule has 1 aromatic heterocycles. The van der Waals surface area contributed by atoms with E-state index in [0.717, 1.165) is 11.3 Å². The standard InChI is InChI=1S/C18H19BrN2O4/c1-4-25-18(23)17-15(9-10-16(19)20-17)21(12(2)22)11-13-5-7-14(24-3)8-6-13/h5-10H,4,11H2,1-3H3.